The van der Waals surface area contributed by atoms with Gasteiger partial charge < -0.3 is 5.11 Å². The van der Waals surface area contributed by atoms with Crippen molar-refractivity contribution in [1.29, 1.82) is 0 Å². The van der Waals surface area contributed by atoms with E-state index in [1.807, 2.05) is 0 Å². The predicted octanol–water partition coefficient (Wildman–Crippen LogP) is 4.14. The Morgan fingerprint density at radius 1 is 1.04 bits per heavy atom. The van der Waals surface area contributed by atoms with E-state index < -0.39 is 0 Å². The number of carbonyl (C=O) groups is 2. The summed E-state index contributed by atoms with van der Waals surface area (Å²) in [6, 6.07) is 0. The molecule has 124 valence electrons. The third-order valence-electron chi connectivity index (χ3n) is 7.74. The first-order valence-electron chi connectivity index (χ1n) is 8.97. The molecule has 0 aliphatic heterocycles. The summed E-state index contributed by atoms with van der Waals surface area (Å²) in [4.78, 5) is 24.4. The van der Waals surface area contributed by atoms with E-state index in [0.717, 1.165) is 49.7 Å². The SMILES string of the molecule is C=C1C[C@@H]2[C@H](CC[C@]3(C)C(=O)CC[C@@H]23)[C@@]2(C)CCC(=O)C(O)=C12. The summed E-state index contributed by atoms with van der Waals surface area (Å²) in [5.41, 5.74) is 1.47. The molecule has 3 fully saturated rings. The molecule has 0 aromatic rings. The van der Waals surface area contributed by atoms with E-state index in [4.69, 9.17) is 0 Å². The number of hydrogen-bond acceptors (Lipinski definition) is 3. The number of fused-ring (bicyclic) bond motifs is 5. The smallest absolute Gasteiger partial charge is 0.197 e. The molecule has 4 aliphatic carbocycles. The predicted molar refractivity (Wildman–Crippen MR) is 87.8 cm³/mol. The zero-order chi connectivity index (χ0) is 16.6. The van der Waals surface area contributed by atoms with E-state index in [0.29, 0.717) is 30.0 Å². The Kier molecular flexibility index (Phi) is 3.02. The van der Waals surface area contributed by atoms with Gasteiger partial charge in [0.25, 0.3) is 0 Å². The van der Waals surface area contributed by atoms with Gasteiger partial charge in [-0.3, -0.25) is 9.59 Å². The Balaban J connectivity index is 1.79. The van der Waals surface area contributed by atoms with Crippen LogP contribution < -0.4 is 0 Å². The van der Waals surface area contributed by atoms with E-state index in [2.05, 4.69) is 20.4 Å². The lowest BCUT2D eigenvalue weighted by Crippen LogP contribution is -2.51. The molecule has 0 heterocycles. The molecule has 23 heavy (non-hydrogen) atoms. The average molecular weight is 314 g/mol. The largest absolute Gasteiger partial charge is 0.504 e. The molecule has 0 spiro atoms. The molecule has 0 amide bonds. The number of rotatable bonds is 0. The number of carbonyl (C=O) groups excluding carboxylic acids is 2. The first kappa shape index (κ1) is 15.2. The third-order valence-corrected chi connectivity index (χ3v) is 7.74. The van der Waals surface area contributed by atoms with Crippen LogP contribution in [0, 0.1) is 28.6 Å². The lowest BCUT2D eigenvalue weighted by Gasteiger charge is -2.57. The molecular formula is C20H26O3. The molecular weight excluding hydrogens is 288 g/mol. The average Bonchev–Trinajstić information content (AvgIpc) is 2.79. The number of aliphatic hydroxyl groups excluding tert-OH is 1. The van der Waals surface area contributed by atoms with Gasteiger partial charge in [-0.1, -0.05) is 20.4 Å². The van der Waals surface area contributed by atoms with Gasteiger partial charge >= 0.3 is 0 Å². The van der Waals surface area contributed by atoms with E-state index in [1.54, 1.807) is 0 Å². The summed E-state index contributed by atoms with van der Waals surface area (Å²) >= 11 is 0. The van der Waals surface area contributed by atoms with E-state index in [1.165, 1.54) is 0 Å². The van der Waals surface area contributed by atoms with Gasteiger partial charge in [0.15, 0.2) is 11.5 Å². The second-order valence-corrected chi connectivity index (χ2v) is 8.67. The van der Waals surface area contributed by atoms with Crippen LogP contribution in [0.1, 0.15) is 58.8 Å². The quantitative estimate of drug-likeness (QED) is 0.731. The van der Waals surface area contributed by atoms with Crippen molar-refractivity contribution in [3.8, 4) is 0 Å². The van der Waals surface area contributed by atoms with Crippen molar-refractivity contribution < 1.29 is 14.7 Å². The van der Waals surface area contributed by atoms with Crippen molar-refractivity contribution in [3.05, 3.63) is 23.5 Å². The molecule has 3 heteroatoms. The Hall–Kier alpha value is -1.38. The lowest BCUT2D eigenvalue weighted by atomic mass is 9.46. The van der Waals surface area contributed by atoms with Gasteiger partial charge in [0.2, 0.25) is 0 Å². The van der Waals surface area contributed by atoms with Crippen molar-refractivity contribution in [2.75, 3.05) is 0 Å². The molecule has 5 atom stereocenters. The molecule has 0 aromatic carbocycles. The van der Waals surface area contributed by atoms with Crippen LogP contribution in [-0.2, 0) is 9.59 Å². The van der Waals surface area contributed by atoms with Gasteiger partial charge in [-0.05, 0) is 55.4 Å². The first-order chi connectivity index (χ1) is 10.8. The summed E-state index contributed by atoms with van der Waals surface area (Å²) < 4.78 is 0. The molecule has 3 nitrogen and oxygen atoms in total. The van der Waals surface area contributed by atoms with Gasteiger partial charge in [0.1, 0.15) is 5.78 Å². The molecule has 3 saturated carbocycles. The van der Waals surface area contributed by atoms with Gasteiger partial charge in [0, 0.05) is 29.2 Å². The standard InChI is InChI=1S/C20H26O3/c1-11-10-12-13-4-5-16(22)19(13,2)8-6-14(12)20(3)9-7-15(21)18(23)17(11)20/h12-14,23H,1,4-10H2,2-3H3/t12-,13-,14-,19-,20+/m0/s1. The van der Waals surface area contributed by atoms with Gasteiger partial charge in [0.05, 0.1) is 0 Å². The van der Waals surface area contributed by atoms with E-state index >= 15 is 0 Å². The maximum absolute atomic E-state index is 12.4. The normalized spacial score (nSPS) is 46.5. The van der Waals surface area contributed by atoms with Crippen LogP contribution in [0.2, 0.25) is 0 Å². The highest BCUT2D eigenvalue weighted by atomic mass is 16.3. The third kappa shape index (κ3) is 1.77. The maximum Gasteiger partial charge on any atom is 0.197 e. The van der Waals surface area contributed by atoms with Crippen LogP contribution >= 0.6 is 0 Å². The monoisotopic (exact) mass is 314 g/mol. The number of Topliss-reactive ketones (excluding diaryl/α,β-unsaturated/α-hetero) is 2. The minimum absolute atomic E-state index is 0.0296. The molecule has 0 radical (unpaired) electrons. The summed E-state index contributed by atoms with van der Waals surface area (Å²) in [5, 5.41) is 10.4. The van der Waals surface area contributed by atoms with Crippen LogP contribution in [0.15, 0.2) is 23.5 Å². The Labute approximate surface area is 137 Å². The Bertz CT molecular complexity index is 658. The second-order valence-electron chi connectivity index (χ2n) is 8.67. The zero-order valence-corrected chi connectivity index (χ0v) is 14.2. The summed E-state index contributed by atoms with van der Waals surface area (Å²) in [5.74, 6) is 1.67. The van der Waals surface area contributed by atoms with Crippen LogP contribution in [0.5, 0.6) is 0 Å². The number of ketones is 2. The molecule has 0 bridgehead atoms. The Morgan fingerprint density at radius 3 is 2.48 bits per heavy atom. The van der Waals surface area contributed by atoms with Crippen LogP contribution in [0.3, 0.4) is 0 Å². The van der Waals surface area contributed by atoms with Crippen LogP contribution in [0.4, 0.5) is 0 Å². The number of hydrogen-bond donors (Lipinski definition) is 1. The number of allylic oxidation sites excluding steroid dienone is 2. The molecule has 1 N–H and O–H groups in total. The molecule has 4 aliphatic rings. The molecule has 0 saturated heterocycles. The highest BCUT2D eigenvalue weighted by Gasteiger charge is 2.60. The lowest BCUT2D eigenvalue weighted by molar-refractivity contribution is -0.132. The van der Waals surface area contributed by atoms with Gasteiger partial charge in [-0.2, -0.15) is 0 Å². The first-order valence-corrected chi connectivity index (χ1v) is 8.97. The summed E-state index contributed by atoms with van der Waals surface area (Å²) in [6.07, 6.45) is 5.79. The van der Waals surface area contributed by atoms with Crippen molar-refractivity contribution in [3.63, 3.8) is 0 Å². The van der Waals surface area contributed by atoms with E-state index in [-0.39, 0.29) is 22.4 Å². The fourth-order valence-electron chi connectivity index (χ4n) is 6.49. The van der Waals surface area contributed by atoms with Crippen LogP contribution in [-0.4, -0.2) is 16.7 Å². The fraction of sp³-hybridized carbons (Fsp3) is 0.700. The number of aliphatic hydroxyl groups is 1. The maximum atomic E-state index is 12.4. The second kappa shape index (κ2) is 4.58. The van der Waals surface area contributed by atoms with Crippen LogP contribution in [0.25, 0.3) is 0 Å². The van der Waals surface area contributed by atoms with Gasteiger partial charge in [-0.15, -0.1) is 0 Å². The topological polar surface area (TPSA) is 54.4 Å². The van der Waals surface area contributed by atoms with Crippen molar-refractivity contribution in [2.45, 2.75) is 58.8 Å². The van der Waals surface area contributed by atoms with Crippen molar-refractivity contribution in [1.82, 2.24) is 0 Å². The fourth-order valence-corrected chi connectivity index (χ4v) is 6.49. The molecule has 4 rings (SSSR count). The zero-order valence-electron chi connectivity index (χ0n) is 14.2. The highest BCUT2D eigenvalue weighted by Crippen LogP contribution is 2.65. The minimum atomic E-state index is -0.148. The Morgan fingerprint density at radius 2 is 1.74 bits per heavy atom. The summed E-state index contributed by atoms with van der Waals surface area (Å²) in [6.45, 7) is 8.60. The molecule has 0 unspecified atom stereocenters. The van der Waals surface area contributed by atoms with Crippen molar-refractivity contribution in [2.24, 2.45) is 28.6 Å². The van der Waals surface area contributed by atoms with E-state index in [9.17, 15) is 14.7 Å². The summed E-state index contributed by atoms with van der Waals surface area (Å²) in [7, 11) is 0. The highest BCUT2D eigenvalue weighted by molar-refractivity contribution is 5.96. The van der Waals surface area contributed by atoms with Crippen molar-refractivity contribution >= 4 is 11.6 Å². The minimum Gasteiger partial charge on any atom is -0.504 e. The molecule has 0 aromatic heterocycles. The van der Waals surface area contributed by atoms with Gasteiger partial charge in [-0.25, -0.2) is 0 Å².